The van der Waals surface area contributed by atoms with E-state index in [0.717, 1.165) is 13.4 Å². The van der Waals surface area contributed by atoms with Crippen LogP contribution in [0.4, 0.5) is 0 Å². The van der Waals surface area contributed by atoms with Gasteiger partial charge in [0.1, 0.15) is 17.5 Å². The van der Waals surface area contributed by atoms with Gasteiger partial charge in [0.2, 0.25) is 0 Å². The van der Waals surface area contributed by atoms with Crippen molar-refractivity contribution >= 4 is 71.2 Å². The van der Waals surface area contributed by atoms with Crippen LogP contribution in [0.2, 0.25) is 0 Å². The third kappa shape index (κ3) is 5.50. The lowest BCUT2D eigenvalue weighted by Crippen LogP contribution is -2.40. The zero-order valence-electron chi connectivity index (χ0n) is 20.6. The van der Waals surface area contributed by atoms with Gasteiger partial charge in [-0.1, -0.05) is 43.2 Å². The van der Waals surface area contributed by atoms with Crippen molar-refractivity contribution in [2.24, 2.45) is 4.99 Å². The SMILES string of the molecule is COc1ccc(Br)cc1[C@@H]1C(C(=O)OC(C)C)=C(C)N=c2s/c(=C\c3cc(Br)cc(Br)c3OC)c(=O)n21. The Balaban J connectivity index is 2.04. The molecule has 0 saturated carbocycles. The summed E-state index contributed by atoms with van der Waals surface area (Å²) in [6, 6.07) is 8.41. The summed E-state index contributed by atoms with van der Waals surface area (Å²) >= 11 is 11.8. The number of esters is 1. The number of aromatic nitrogens is 1. The Morgan fingerprint density at radius 2 is 1.84 bits per heavy atom. The molecule has 0 bridgehead atoms. The van der Waals surface area contributed by atoms with Crippen molar-refractivity contribution in [2.45, 2.75) is 32.9 Å². The Kier molecular flexibility index (Phi) is 8.47. The van der Waals surface area contributed by atoms with E-state index in [2.05, 4.69) is 52.8 Å². The molecule has 0 unspecified atom stereocenters. The number of nitrogens with zero attached hydrogens (tertiary/aromatic N) is 2. The second kappa shape index (κ2) is 11.3. The van der Waals surface area contributed by atoms with Crippen LogP contribution < -0.4 is 24.4 Å². The highest BCUT2D eigenvalue weighted by molar-refractivity contribution is 9.11. The summed E-state index contributed by atoms with van der Waals surface area (Å²) in [6.45, 7) is 5.31. The van der Waals surface area contributed by atoms with Crippen LogP contribution in [0.25, 0.3) is 6.08 Å². The maximum atomic E-state index is 13.9. The maximum Gasteiger partial charge on any atom is 0.338 e. The quantitative estimate of drug-likeness (QED) is 0.316. The number of allylic oxidation sites excluding steroid dienone is 1. The Morgan fingerprint density at radius 3 is 2.49 bits per heavy atom. The van der Waals surface area contributed by atoms with Gasteiger partial charge in [-0.3, -0.25) is 9.36 Å². The average Bonchev–Trinajstić information content (AvgIpc) is 3.11. The van der Waals surface area contributed by atoms with Crippen molar-refractivity contribution in [3.05, 3.63) is 85.8 Å². The number of hydrogen-bond acceptors (Lipinski definition) is 7. The first kappa shape index (κ1) is 27.8. The van der Waals surface area contributed by atoms with Crippen LogP contribution in [0.15, 0.2) is 64.8 Å². The fourth-order valence-electron chi connectivity index (χ4n) is 4.12. The molecule has 0 saturated heterocycles. The molecule has 1 aromatic heterocycles. The second-order valence-corrected chi connectivity index (χ2v) is 12.1. The first-order valence-corrected chi connectivity index (χ1v) is 14.3. The first-order chi connectivity index (χ1) is 17.5. The van der Waals surface area contributed by atoms with E-state index in [0.29, 0.717) is 37.7 Å². The molecule has 0 fully saturated rings. The van der Waals surface area contributed by atoms with Crippen molar-refractivity contribution in [1.29, 1.82) is 0 Å². The number of ether oxygens (including phenoxy) is 3. The summed E-state index contributed by atoms with van der Waals surface area (Å²) in [5.74, 6) is 0.594. The van der Waals surface area contributed by atoms with Gasteiger partial charge < -0.3 is 14.2 Å². The highest BCUT2D eigenvalue weighted by Crippen LogP contribution is 2.38. The molecule has 0 radical (unpaired) electrons. The van der Waals surface area contributed by atoms with E-state index < -0.39 is 12.0 Å². The molecule has 37 heavy (non-hydrogen) atoms. The van der Waals surface area contributed by atoms with Crippen molar-refractivity contribution in [3.8, 4) is 11.5 Å². The molecule has 0 spiro atoms. The predicted octanol–water partition coefficient (Wildman–Crippen LogP) is 5.49. The fraction of sp³-hybridized carbons (Fsp3) is 0.269. The van der Waals surface area contributed by atoms with E-state index in [4.69, 9.17) is 14.2 Å². The van der Waals surface area contributed by atoms with E-state index in [9.17, 15) is 9.59 Å². The Hall–Kier alpha value is -2.21. The summed E-state index contributed by atoms with van der Waals surface area (Å²) in [5.41, 5.74) is 1.81. The van der Waals surface area contributed by atoms with Crippen LogP contribution >= 0.6 is 59.1 Å². The van der Waals surface area contributed by atoms with Gasteiger partial charge in [0.25, 0.3) is 5.56 Å². The number of carbonyl (C=O) groups is 1. The maximum absolute atomic E-state index is 13.9. The number of benzene rings is 2. The lowest BCUT2D eigenvalue weighted by molar-refractivity contribution is -0.143. The Labute approximate surface area is 242 Å². The zero-order chi connectivity index (χ0) is 27.0. The molecule has 4 rings (SSSR count). The number of halogens is 3. The largest absolute Gasteiger partial charge is 0.496 e. The minimum absolute atomic E-state index is 0.284. The van der Waals surface area contributed by atoms with Gasteiger partial charge >= 0.3 is 5.97 Å². The van der Waals surface area contributed by atoms with E-state index in [1.165, 1.54) is 15.9 Å². The minimum atomic E-state index is -0.798. The highest BCUT2D eigenvalue weighted by atomic mass is 79.9. The summed E-state index contributed by atoms with van der Waals surface area (Å²) in [6.07, 6.45) is 1.42. The van der Waals surface area contributed by atoms with E-state index >= 15 is 0 Å². The van der Waals surface area contributed by atoms with Crippen molar-refractivity contribution in [3.63, 3.8) is 0 Å². The van der Waals surface area contributed by atoms with E-state index in [1.807, 2.05) is 24.3 Å². The predicted molar refractivity (Wildman–Crippen MR) is 154 cm³/mol. The summed E-state index contributed by atoms with van der Waals surface area (Å²) in [7, 11) is 3.12. The van der Waals surface area contributed by atoms with Crippen molar-refractivity contribution in [2.75, 3.05) is 14.2 Å². The molecular weight excluding hydrogens is 692 g/mol. The fourth-order valence-corrected chi connectivity index (χ4v) is 6.95. The smallest absolute Gasteiger partial charge is 0.338 e. The van der Waals surface area contributed by atoms with Gasteiger partial charge in [0.15, 0.2) is 4.80 Å². The molecule has 1 aliphatic heterocycles. The van der Waals surface area contributed by atoms with Gasteiger partial charge in [-0.15, -0.1) is 0 Å². The number of hydrogen-bond donors (Lipinski definition) is 0. The number of fused-ring (bicyclic) bond motifs is 1. The molecule has 1 aliphatic rings. The van der Waals surface area contributed by atoms with Crippen LogP contribution in [0, 0.1) is 0 Å². The molecule has 7 nitrogen and oxygen atoms in total. The zero-order valence-corrected chi connectivity index (χ0v) is 26.2. The van der Waals surface area contributed by atoms with Crippen LogP contribution in [-0.4, -0.2) is 30.9 Å². The van der Waals surface area contributed by atoms with Crippen LogP contribution in [0.3, 0.4) is 0 Å². The molecule has 11 heteroatoms. The summed E-state index contributed by atoms with van der Waals surface area (Å²) < 4.78 is 21.1. The molecule has 194 valence electrons. The van der Waals surface area contributed by atoms with Crippen LogP contribution in [0.5, 0.6) is 11.5 Å². The van der Waals surface area contributed by atoms with Crippen LogP contribution in [-0.2, 0) is 9.53 Å². The molecule has 0 aliphatic carbocycles. The lowest BCUT2D eigenvalue weighted by atomic mass is 9.95. The Bertz CT molecular complexity index is 1610. The van der Waals surface area contributed by atoms with Gasteiger partial charge in [0.05, 0.1) is 40.6 Å². The summed E-state index contributed by atoms with van der Waals surface area (Å²) in [5, 5.41) is 0. The highest BCUT2D eigenvalue weighted by Gasteiger charge is 2.35. The van der Waals surface area contributed by atoms with E-state index in [1.54, 1.807) is 47.1 Å². The number of carbonyl (C=O) groups excluding carboxylic acids is 1. The third-order valence-electron chi connectivity index (χ3n) is 5.60. The molecule has 3 aromatic rings. The standard InChI is InChI=1S/C26H23Br3N2O5S/c1-12(2)36-25(33)21-13(3)30-26-31(22(21)17-10-15(27)6-7-19(17)34-4)24(32)20(37-26)9-14-8-16(28)11-18(29)23(14)35-5/h6-12,22H,1-5H3/b20-9-/t22-/m1/s1. The molecule has 1 atom stereocenters. The van der Waals surface area contributed by atoms with Gasteiger partial charge in [-0.2, -0.15) is 0 Å². The molecule has 2 heterocycles. The van der Waals surface area contributed by atoms with E-state index in [-0.39, 0.29) is 17.2 Å². The molecule has 0 amide bonds. The Morgan fingerprint density at radius 1 is 1.11 bits per heavy atom. The van der Waals surface area contributed by atoms with Crippen molar-refractivity contribution < 1.29 is 19.0 Å². The molecule has 0 N–H and O–H groups in total. The second-order valence-electron chi connectivity index (χ2n) is 8.43. The van der Waals surface area contributed by atoms with Gasteiger partial charge in [0, 0.05) is 20.1 Å². The number of methoxy groups -OCH3 is 2. The van der Waals surface area contributed by atoms with Gasteiger partial charge in [-0.25, -0.2) is 9.79 Å². The third-order valence-corrected chi connectivity index (χ3v) is 8.12. The van der Waals surface area contributed by atoms with Crippen molar-refractivity contribution in [1.82, 2.24) is 4.57 Å². The number of thiazole rings is 1. The molecule has 2 aromatic carbocycles. The molecular formula is C26H23Br3N2O5S. The monoisotopic (exact) mass is 712 g/mol. The number of rotatable bonds is 6. The lowest BCUT2D eigenvalue weighted by Gasteiger charge is -2.26. The minimum Gasteiger partial charge on any atom is -0.496 e. The first-order valence-electron chi connectivity index (χ1n) is 11.2. The normalized spacial score (nSPS) is 15.5. The van der Waals surface area contributed by atoms with Crippen LogP contribution in [0.1, 0.15) is 37.9 Å². The average molecular weight is 715 g/mol. The van der Waals surface area contributed by atoms with Gasteiger partial charge in [-0.05, 0) is 73.1 Å². The topological polar surface area (TPSA) is 79.1 Å². The summed E-state index contributed by atoms with van der Waals surface area (Å²) in [4.78, 5) is 32.4.